The van der Waals surface area contributed by atoms with Gasteiger partial charge in [-0.15, -0.1) is 47.5 Å². The maximum Gasteiger partial charge on any atom is 0.0239 e. The summed E-state index contributed by atoms with van der Waals surface area (Å²) in [5, 5.41) is 10.2. The maximum absolute atomic E-state index is 4.64. The summed E-state index contributed by atoms with van der Waals surface area (Å²) < 4.78 is 2.58. The molecule has 0 unspecified atom stereocenters. The monoisotopic (exact) mass is 813 g/mol. The molecule has 235 valence electrons. The van der Waals surface area contributed by atoms with E-state index in [0.29, 0.717) is 0 Å². The van der Waals surface area contributed by atoms with Crippen LogP contribution >= 0.6 is 11.3 Å². The van der Waals surface area contributed by atoms with Gasteiger partial charge in [-0.25, -0.2) is 0 Å². The molecule has 9 rings (SSSR count). The molecule has 2 nitrogen and oxygen atoms in total. The molecule has 4 heteroatoms. The molecular weight excluding hydrogens is 781 g/mol. The Labute approximate surface area is 298 Å². The van der Waals surface area contributed by atoms with Crippen LogP contribution < -0.4 is 0 Å². The van der Waals surface area contributed by atoms with Crippen molar-refractivity contribution in [1.29, 1.82) is 0 Å². The van der Waals surface area contributed by atoms with Gasteiger partial charge < -0.3 is 9.97 Å². The van der Waals surface area contributed by atoms with Gasteiger partial charge in [0.25, 0.3) is 0 Å². The van der Waals surface area contributed by atoms with E-state index in [0.717, 1.165) is 22.5 Å². The third kappa shape index (κ3) is 5.82. The number of hydrogen-bond acceptors (Lipinski definition) is 3. The minimum atomic E-state index is 0. The van der Waals surface area contributed by atoms with Gasteiger partial charge in [0.05, 0.1) is 0 Å². The zero-order chi connectivity index (χ0) is 32.0. The molecule has 3 aromatic heterocycles. The summed E-state index contributed by atoms with van der Waals surface area (Å²) in [6.45, 7) is 6.70. The summed E-state index contributed by atoms with van der Waals surface area (Å²) in [6.07, 6.45) is 3.74. The Kier molecular flexibility index (Phi) is 8.66. The normalized spacial score (nSPS) is 11.5. The Hall–Kier alpha value is -4.73. The van der Waals surface area contributed by atoms with E-state index >= 15 is 0 Å². The third-order valence-electron chi connectivity index (χ3n) is 8.84. The molecule has 0 bridgehead atoms. The van der Waals surface area contributed by atoms with Crippen molar-refractivity contribution in [2.75, 3.05) is 0 Å². The fraction of sp³-hybridized carbons (Fsp3) is 0.0909. The number of benzene rings is 6. The molecule has 48 heavy (non-hydrogen) atoms. The Morgan fingerprint density at radius 2 is 1.17 bits per heavy atom. The van der Waals surface area contributed by atoms with E-state index in [-0.39, 0.29) is 25.5 Å². The van der Waals surface area contributed by atoms with Gasteiger partial charge in [0.2, 0.25) is 0 Å². The van der Waals surface area contributed by atoms with Gasteiger partial charge in [-0.1, -0.05) is 127 Å². The van der Waals surface area contributed by atoms with E-state index < -0.39 is 0 Å². The molecule has 9 aromatic rings. The van der Waals surface area contributed by atoms with E-state index in [4.69, 9.17) is 0 Å². The molecule has 0 amide bonds. The molecule has 0 saturated carbocycles. The quantitative estimate of drug-likeness (QED) is 0.128. The molecule has 0 aliphatic carbocycles. The summed E-state index contributed by atoms with van der Waals surface area (Å²) in [7, 11) is 0. The number of pyridine rings is 2. The molecule has 0 spiro atoms. The van der Waals surface area contributed by atoms with E-state index in [1.54, 1.807) is 0 Å². The van der Waals surface area contributed by atoms with Crippen LogP contribution in [0.3, 0.4) is 0 Å². The number of aromatic nitrogens is 2. The van der Waals surface area contributed by atoms with Gasteiger partial charge in [0.1, 0.15) is 0 Å². The number of nitrogens with zero attached hydrogens (tertiary/aromatic N) is 2. The van der Waals surface area contributed by atoms with E-state index in [1.807, 2.05) is 48.0 Å². The first kappa shape index (κ1) is 31.8. The van der Waals surface area contributed by atoms with Crippen molar-refractivity contribution < 1.29 is 20.1 Å². The minimum Gasteiger partial charge on any atom is -0.305 e. The summed E-state index contributed by atoms with van der Waals surface area (Å²) in [6, 6.07) is 51.5. The van der Waals surface area contributed by atoms with Gasteiger partial charge >= 0.3 is 0 Å². The molecule has 0 atom stereocenters. The second-order valence-electron chi connectivity index (χ2n) is 12.9. The van der Waals surface area contributed by atoms with Crippen LogP contribution in [0.15, 0.2) is 140 Å². The van der Waals surface area contributed by atoms with Crippen LogP contribution in [0.5, 0.6) is 0 Å². The predicted octanol–water partition coefficient (Wildman–Crippen LogP) is 12.2. The Balaban J connectivity index is 0.000000159. The summed E-state index contributed by atoms with van der Waals surface area (Å²) in [5.74, 6) is 0. The van der Waals surface area contributed by atoms with Crippen LogP contribution in [0, 0.1) is 12.1 Å². The number of hydrogen-bond donors (Lipinski definition) is 0. The van der Waals surface area contributed by atoms with Crippen LogP contribution in [0.25, 0.3) is 75.0 Å². The summed E-state index contributed by atoms with van der Waals surface area (Å²) in [5.41, 5.74) is 5.48. The predicted molar refractivity (Wildman–Crippen MR) is 201 cm³/mol. The van der Waals surface area contributed by atoms with E-state index in [1.165, 1.54) is 58.1 Å². The van der Waals surface area contributed by atoms with E-state index in [9.17, 15) is 0 Å². The minimum absolute atomic E-state index is 0. The second kappa shape index (κ2) is 13.1. The summed E-state index contributed by atoms with van der Waals surface area (Å²) >= 11 is 1.81. The molecule has 0 fully saturated rings. The smallest absolute Gasteiger partial charge is 0.0239 e. The van der Waals surface area contributed by atoms with Crippen LogP contribution in [0.1, 0.15) is 26.3 Å². The van der Waals surface area contributed by atoms with Crippen LogP contribution in [0.2, 0.25) is 0 Å². The van der Waals surface area contributed by atoms with Gasteiger partial charge in [-0.2, -0.15) is 11.3 Å². The first-order valence-corrected chi connectivity index (χ1v) is 16.7. The SMILES string of the molecule is CC(C)(C)c1ccnc(-c2[c-]cc3c4ccccc4c4ccccc4c3c2)c1.[Ir].[c-]1ccc2c(sc3ccccc32)c1-c1ccccn1. The summed E-state index contributed by atoms with van der Waals surface area (Å²) in [4.78, 5) is 9.09. The van der Waals surface area contributed by atoms with Gasteiger partial charge in [-0.3, -0.25) is 0 Å². The second-order valence-corrected chi connectivity index (χ2v) is 13.9. The van der Waals surface area contributed by atoms with Crippen LogP contribution in [-0.4, -0.2) is 9.97 Å². The zero-order valence-corrected chi connectivity index (χ0v) is 30.1. The zero-order valence-electron chi connectivity index (χ0n) is 26.9. The van der Waals surface area contributed by atoms with Gasteiger partial charge in [-0.05, 0) is 66.8 Å². The van der Waals surface area contributed by atoms with Crippen molar-refractivity contribution in [2.45, 2.75) is 26.2 Å². The first-order chi connectivity index (χ1) is 23.0. The molecule has 0 aliphatic rings. The molecular formula is C44H32IrN2S-2. The molecule has 6 aromatic carbocycles. The topological polar surface area (TPSA) is 25.8 Å². The number of fused-ring (bicyclic) bond motifs is 9. The van der Waals surface area contributed by atoms with Crippen molar-refractivity contribution in [2.24, 2.45) is 0 Å². The molecule has 0 saturated heterocycles. The van der Waals surface area contributed by atoms with Crippen LogP contribution in [0.4, 0.5) is 0 Å². The van der Waals surface area contributed by atoms with E-state index in [2.05, 4.69) is 146 Å². The number of thiophene rings is 1. The van der Waals surface area contributed by atoms with Gasteiger partial charge in [0, 0.05) is 37.2 Å². The standard InChI is InChI=1S/C27H22N.C17H10NS.Ir/c1-27(2,3)19-14-15-28-26(17-19)18-12-13-24-22-10-5-4-8-20(22)21-9-6-7-11-23(21)25(24)16-18;1-2-10-16-12(6-1)13-7-5-8-14(17(13)19-16)15-9-3-4-11-18-15;/h4-11,13-17H,1-3H3;1-7,9-11H;/q2*-1;. The Morgan fingerprint density at radius 1 is 0.542 bits per heavy atom. The molecule has 3 heterocycles. The molecule has 1 radical (unpaired) electrons. The molecule has 0 aliphatic heterocycles. The first-order valence-electron chi connectivity index (χ1n) is 15.9. The Bertz CT molecular complexity index is 2530. The number of rotatable bonds is 2. The van der Waals surface area contributed by atoms with Gasteiger partial charge in [0.15, 0.2) is 0 Å². The molecule has 0 N–H and O–H groups in total. The van der Waals surface area contributed by atoms with Crippen molar-refractivity contribution in [3.8, 4) is 22.5 Å². The fourth-order valence-corrected chi connectivity index (χ4v) is 7.63. The van der Waals surface area contributed by atoms with Crippen molar-refractivity contribution in [3.63, 3.8) is 0 Å². The average molecular weight is 813 g/mol. The Morgan fingerprint density at radius 3 is 1.85 bits per heavy atom. The average Bonchev–Trinajstić information content (AvgIpc) is 3.51. The van der Waals surface area contributed by atoms with Crippen LogP contribution in [-0.2, 0) is 25.5 Å². The maximum atomic E-state index is 4.64. The third-order valence-corrected chi connectivity index (χ3v) is 10.0. The van der Waals surface area contributed by atoms with Crippen molar-refractivity contribution >= 4 is 63.8 Å². The van der Waals surface area contributed by atoms with Crippen molar-refractivity contribution in [1.82, 2.24) is 9.97 Å². The van der Waals surface area contributed by atoms with Crippen molar-refractivity contribution in [3.05, 3.63) is 157 Å². The fourth-order valence-electron chi connectivity index (χ4n) is 6.43. The largest absolute Gasteiger partial charge is 0.305 e.